The first-order chi connectivity index (χ1) is 12.5. The van der Waals surface area contributed by atoms with Gasteiger partial charge in [-0.1, -0.05) is 24.3 Å². The molecule has 0 atom stereocenters. The van der Waals surface area contributed by atoms with Gasteiger partial charge in [0.2, 0.25) is 15.8 Å². The summed E-state index contributed by atoms with van der Waals surface area (Å²) in [4.78, 5) is -0.0915. The molecule has 4 N–H and O–H groups in total. The number of primary sulfonamides is 1. The van der Waals surface area contributed by atoms with E-state index in [-0.39, 0.29) is 22.8 Å². The summed E-state index contributed by atoms with van der Waals surface area (Å²) in [5.41, 5.74) is 2.18. The zero-order chi connectivity index (χ0) is 18.6. The van der Waals surface area contributed by atoms with Gasteiger partial charge in [-0.25, -0.2) is 13.6 Å². The highest BCUT2D eigenvalue weighted by molar-refractivity contribution is 7.89. The Kier molecular flexibility index (Phi) is 4.91. The number of benzene rings is 2. The van der Waals surface area contributed by atoms with Gasteiger partial charge in [0.05, 0.1) is 22.7 Å². The number of sulfonamides is 1. The van der Waals surface area contributed by atoms with Gasteiger partial charge < -0.3 is 5.41 Å². The smallest absolute Gasteiger partial charge is 0.238 e. The highest BCUT2D eigenvalue weighted by Gasteiger charge is 2.22. The molecule has 0 radical (unpaired) electrons. The van der Waals surface area contributed by atoms with E-state index in [1.165, 1.54) is 6.07 Å². The lowest BCUT2D eigenvalue weighted by atomic mass is 9.99. The van der Waals surface area contributed by atoms with Crippen molar-refractivity contribution in [2.45, 2.75) is 4.90 Å². The van der Waals surface area contributed by atoms with Gasteiger partial charge in [-0.05, 0) is 34.5 Å². The first-order valence-corrected chi connectivity index (χ1v) is 8.92. The second kappa shape index (κ2) is 7.29. The zero-order valence-electron chi connectivity index (χ0n) is 13.4. The number of hydrogen-bond donors (Lipinski definition) is 3. The topological polar surface area (TPSA) is 163 Å². The summed E-state index contributed by atoms with van der Waals surface area (Å²) >= 11 is 0. The van der Waals surface area contributed by atoms with E-state index in [9.17, 15) is 8.42 Å². The van der Waals surface area contributed by atoms with Crippen molar-refractivity contribution in [1.29, 1.82) is 5.41 Å². The fraction of sp³-hybridized carbons (Fsp3) is 0.0667. The van der Waals surface area contributed by atoms with Crippen LogP contribution in [0.2, 0.25) is 0 Å². The van der Waals surface area contributed by atoms with Crippen LogP contribution in [0.4, 0.5) is 5.69 Å². The lowest BCUT2D eigenvalue weighted by Gasteiger charge is -2.11. The van der Waals surface area contributed by atoms with Crippen molar-refractivity contribution in [2.24, 2.45) is 15.4 Å². The molecule has 0 amide bonds. The zero-order valence-corrected chi connectivity index (χ0v) is 14.2. The molecule has 2 aromatic carbocycles. The van der Waals surface area contributed by atoms with E-state index in [0.717, 1.165) is 11.8 Å². The number of H-pyrrole nitrogens is 1. The predicted octanol–water partition coefficient (Wildman–Crippen LogP) is 1.91. The third-order valence-corrected chi connectivity index (χ3v) is 4.39. The Hall–Kier alpha value is -3.31. The van der Waals surface area contributed by atoms with E-state index in [2.05, 4.69) is 30.9 Å². The number of nitrogens with zero attached hydrogens (tertiary/aromatic N) is 5. The van der Waals surface area contributed by atoms with Crippen LogP contribution in [0.25, 0.3) is 22.5 Å². The van der Waals surface area contributed by atoms with Crippen molar-refractivity contribution >= 4 is 21.9 Å². The van der Waals surface area contributed by atoms with Crippen molar-refractivity contribution in [2.75, 3.05) is 6.54 Å². The van der Waals surface area contributed by atoms with Gasteiger partial charge in [-0.15, -0.1) is 10.2 Å². The normalized spacial score (nSPS) is 11.7. The van der Waals surface area contributed by atoms with E-state index in [1.54, 1.807) is 36.4 Å². The van der Waals surface area contributed by atoms with E-state index >= 15 is 0 Å². The minimum absolute atomic E-state index is 0.0915. The van der Waals surface area contributed by atoms with Crippen LogP contribution in [0, 0.1) is 5.41 Å². The second-order valence-corrected chi connectivity index (χ2v) is 6.66. The molecule has 3 aromatic rings. The molecule has 0 aliphatic rings. The average Bonchev–Trinajstić information content (AvgIpc) is 3.15. The summed E-state index contributed by atoms with van der Waals surface area (Å²) in [6, 6.07) is 11.7. The van der Waals surface area contributed by atoms with Gasteiger partial charge >= 0.3 is 0 Å². The molecule has 0 aliphatic heterocycles. The number of nitrogens with one attached hydrogen (secondary N) is 2. The van der Waals surface area contributed by atoms with E-state index in [0.29, 0.717) is 11.3 Å². The maximum absolute atomic E-state index is 12.0. The first kappa shape index (κ1) is 17.5. The molecular formula is C15H14N8O2S. The lowest BCUT2D eigenvalue weighted by Crippen LogP contribution is -2.14. The summed E-state index contributed by atoms with van der Waals surface area (Å²) in [7, 11) is -3.99. The molecule has 0 saturated heterocycles. The van der Waals surface area contributed by atoms with Crippen molar-refractivity contribution in [3.63, 3.8) is 0 Å². The maximum atomic E-state index is 12.0. The molecule has 11 heteroatoms. The Labute approximate surface area is 148 Å². The molecule has 0 fully saturated rings. The monoisotopic (exact) mass is 370 g/mol. The van der Waals surface area contributed by atoms with Crippen LogP contribution >= 0.6 is 0 Å². The van der Waals surface area contributed by atoms with Gasteiger partial charge in [0.1, 0.15) is 0 Å². The van der Waals surface area contributed by atoms with Crippen molar-refractivity contribution in [1.82, 2.24) is 20.6 Å². The molecular weight excluding hydrogens is 356 g/mol. The Morgan fingerprint density at radius 2 is 1.96 bits per heavy atom. The van der Waals surface area contributed by atoms with E-state index < -0.39 is 10.0 Å². The summed E-state index contributed by atoms with van der Waals surface area (Å²) < 4.78 is 24.0. The van der Waals surface area contributed by atoms with Crippen LogP contribution in [0.1, 0.15) is 0 Å². The Bertz CT molecular complexity index is 1040. The summed E-state index contributed by atoms with van der Waals surface area (Å²) in [5.74, 6) is 0.124. The lowest BCUT2D eigenvalue weighted by molar-refractivity contribution is 0.598. The average molecular weight is 370 g/mol. The summed E-state index contributed by atoms with van der Waals surface area (Å²) in [6.45, 7) is 0.208. The van der Waals surface area contributed by atoms with E-state index in [4.69, 9.17) is 10.5 Å². The molecule has 132 valence electrons. The third-order valence-electron chi connectivity index (χ3n) is 3.44. The number of rotatable bonds is 6. The molecule has 0 unspecified atom stereocenters. The molecule has 3 rings (SSSR count). The fourth-order valence-electron chi connectivity index (χ4n) is 2.38. The molecule has 0 spiro atoms. The number of tetrazole rings is 1. The molecule has 1 aromatic heterocycles. The highest BCUT2D eigenvalue weighted by Crippen LogP contribution is 2.35. The predicted molar refractivity (Wildman–Crippen MR) is 94.6 cm³/mol. The number of azo groups is 1. The Balaban J connectivity index is 2.12. The molecule has 26 heavy (non-hydrogen) atoms. The molecule has 0 bridgehead atoms. The van der Waals surface area contributed by atoms with Gasteiger partial charge in [-0.2, -0.15) is 15.4 Å². The number of nitrogens with two attached hydrogens (primary N) is 1. The number of aromatic amines is 1. The Morgan fingerprint density at radius 3 is 2.58 bits per heavy atom. The van der Waals surface area contributed by atoms with Crippen LogP contribution in [-0.2, 0) is 10.0 Å². The second-order valence-electron chi connectivity index (χ2n) is 5.13. The largest absolute Gasteiger partial charge is 0.311 e. The molecule has 0 saturated carbocycles. The van der Waals surface area contributed by atoms with Crippen LogP contribution in [0.15, 0.2) is 57.6 Å². The summed E-state index contributed by atoms with van der Waals surface area (Å²) in [5, 5.41) is 33.7. The van der Waals surface area contributed by atoms with Crippen LogP contribution < -0.4 is 5.14 Å². The number of hydrogen-bond acceptors (Lipinski definition) is 8. The van der Waals surface area contributed by atoms with Crippen LogP contribution in [0.3, 0.4) is 0 Å². The maximum Gasteiger partial charge on any atom is 0.238 e. The van der Waals surface area contributed by atoms with Gasteiger partial charge in [0.25, 0.3) is 0 Å². The highest BCUT2D eigenvalue weighted by atomic mass is 32.2. The quantitative estimate of drug-likeness (QED) is 0.445. The minimum atomic E-state index is -3.99. The minimum Gasteiger partial charge on any atom is -0.311 e. The van der Waals surface area contributed by atoms with Gasteiger partial charge in [0, 0.05) is 6.21 Å². The van der Waals surface area contributed by atoms with Crippen molar-refractivity contribution < 1.29 is 8.42 Å². The number of aromatic nitrogens is 4. The standard InChI is InChI=1S/C15H14N8O2S/c16-8-9-18-19-11-6-4-10(5-7-11)12-2-1-3-13(26(17,24)25)14(12)15-20-22-23-21-15/h1-8,16H,9H2,(H2,17,24,25)(H,20,21,22,23). The third kappa shape index (κ3) is 3.68. The first-order valence-electron chi connectivity index (χ1n) is 7.37. The summed E-state index contributed by atoms with van der Waals surface area (Å²) in [6.07, 6.45) is 1.15. The van der Waals surface area contributed by atoms with Crippen LogP contribution in [0.5, 0.6) is 0 Å². The SMILES string of the molecule is N=CCN=Nc1ccc(-c2cccc(S(N)(=O)=O)c2-c2nn[nH]n2)cc1. The van der Waals surface area contributed by atoms with Gasteiger partial charge in [0.15, 0.2) is 0 Å². The van der Waals surface area contributed by atoms with Crippen LogP contribution in [-0.4, -0.2) is 41.8 Å². The van der Waals surface area contributed by atoms with Crippen molar-refractivity contribution in [3.05, 3.63) is 42.5 Å². The van der Waals surface area contributed by atoms with Gasteiger partial charge in [-0.3, -0.25) is 0 Å². The molecule has 0 aliphatic carbocycles. The van der Waals surface area contributed by atoms with E-state index in [1.807, 2.05) is 0 Å². The molecule has 1 heterocycles. The fourth-order valence-corrected chi connectivity index (χ4v) is 3.13. The van der Waals surface area contributed by atoms with Crippen molar-refractivity contribution in [3.8, 4) is 22.5 Å². The Morgan fingerprint density at radius 1 is 1.19 bits per heavy atom. The molecule has 10 nitrogen and oxygen atoms in total.